The van der Waals surface area contributed by atoms with Gasteiger partial charge >= 0.3 is 0 Å². The van der Waals surface area contributed by atoms with Crippen LogP contribution >= 0.6 is 0 Å². The van der Waals surface area contributed by atoms with E-state index in [0.29, 0.717) is 0 Å². The highest BCUT2D eigenvalue weighted by Crippen LogP contribution is 2.27. The largest absolute Gasteiger partial charge is 0.491 e. The number of ether oxygens (including phenoxy) is 1. The molecular formula is C11H14F2O2. The number of aliphatic hydroxyl groups excluding tert-OH is 1. The summed E-state index contributed by atoms with van der Waals surface area (Å²) in [7, 11) is 0. The fourth-order valence-corrected chi connectivity index (χ4v) is 1.29. The van der Waals surface area contributed by atoms with Gasteiger partial charge in [-0.15, -0.1) is 0 Å². The van der Waals surface area contributed by atoms with Gasteiger partial charge in [0, 0.05) is 12.5 Å². The van der Waals surface area contributed by atoms with Crippen LogP contribution in [0.25, 0.3) is 0 Å². The van der Waals surface area contributed by atoms with Crippen molar-refractivity contribution in [2.75, 3.05) is 13.2 Å². The van der Waals surface area contributed by atoms with Crippen LogP contribution in [-0.4, -0.2) is 18.3 Å². The first-order valence-electron chi connectivity index (χ1n) is 4.83. The van der Waals surface area contributed by atoms with Crippen LogP contribution < -0.4 is 4.74 Å². The van der Waals surface area contributed by atoms with Gasteiger partial charge in [0.2, 0.25) is 5.82 Å². The molecule has 1 N–H and O–H groups in total. The normalized spacial score (nSPS) is 12.6. The van der Waals surface area contributed by atoms with Crippen LogP contribution in [0.4, 0.5) is 8.78 Å². The van der Waals surface area contributed by atoms with E-state index in [-0.39, 0.29) is 24.5 Å². The van der Waals surface area contributed by atoms with Crippen LogP contribution in [0.3, 0.4) is 0 Å². The highest BCUT2D eigenvalue weighted by Gasteiger charge is 2.17. The maximum absolute atomic E-state index is 13.5. The second-order valence-electron chi connectivity index (χ2n) is 3.30. The zero-order valence-electron chi connectivity index (χ0n) is 8.76. The van der Waals surface area contributed by atoms with Crippen molar-refractivity contribution in [1.29, 1.82) is 0 Å². The Morgan fingerprint density at radius 3 is 2.53 bits per heavy atom. The van der Waals surface area contributed by atoms with E-state index in [1.807, 2.05) is 0 Å². The number of aliphatic hydroxyl groups is 1. The summed E-state index contributed by atoms with van der Waals surface area (Å²) in [6.45, 7) is 3.38. The molecule has 0 spiro atoms. The molecule has 0 aliphatic heterocycles. The molecule has 0 saturated heterocycles. The fraction of sp³-hybridized carbons (Fsp3) is 0.455. The van der Waals surface area contributed by atoms with Crippen molar-refractivity contribution >= 4 is 0 Å². The average molecular weight is 216 g/mol. The molecule has 0 aliphatic carbocycles. The lowest BCUT2D eigenvalue weighted by Gasteiger charge is -2.12. The Bertz CT molecular complexity index is 340. The number of rotatable bonds is 4. The summed E-state index contributed by atoms with van der Waals surface area (Å²) in [6.07, 6.45) is 0. The minimum absolute atomic E-state index is 0.0936. The van der Waals surface area contributed by atoms with E-state index in [9.17, 15) is 8.78 Å². The summed E-state index contributed by atoms with van der Waals surface area (Å²) in [5.74, 6) is -2.45. The Morgan fingerprint density at radius 2 is 2.00 bits per heavy atom. The standard InChI is InChI=1S/C11H14F2O2/c1-3-15-9-5-4-8(7(2)6-14)10(12)11(9)13/h4-5,7,14H,3,6H2,1-2H3. The highest BCUT2D eigenvalue weighted by atomic mass is 19.2. The van der Waals surface area contributed by atoms with E-state index in [0.717, 1.165) is 0 Å². The van der Waals surface area contributed by atoms with Gasteiger partial charge in [0.05, 0.1) is 6.61 Å². The molecule has 4 heteroatoms. The third-order valence-corrected chi connectivity index (χ3v) is 2.18. The predicted molar refractivity (Wildman–Crippen MR) is 53.0 cm³/mol. The first-order chi connectivity index (χ1) is 7.11. The van der Waals surface area contributed by atoms with Crippen LogP contribution in [0, 0.1) is 11.6 Å². The Hall–Kier alpha value is -1.16. The SMILES string of the molecule is CCOc1ccc(C(C)CO)c(F)c1F. The van der Waals surface area contributed by atoms with Crippen LogP contribution in [0.15, 0.2) is 12.1 Å². The molecule has 1 aromatic carbocycles. The Labute approximate surface area is 87.5 Å². The molecule has 0 saturated carbocycles. The Kier molecular flexibility index (Phi) is 4.03. The summed E-state index contributed by atoms with van der Waals surface area (Å²) in [5.41, 5.74) is 0.165. The van der Waals surface area contributed by atoms with Gasteiger partial charge in [0.15, 0.2) is 11.6 Å². The third-order valence-electron chi connectivity index (χ3n) is 2.18. The van der Waals surface area contributed by atoms with Crippen molar-refractivity contribution in [3.8, 4) is 5.75 Å². The molecular weight excluding hydrogens is 202 g/mol. The molecule has 0 radical (unpaired) electrons. The number of hydrogen-bond acceptors (Lipinski definition) is 2. The van der Waals surface area contributed by atoms with Crippen LogP contribution in [0.5, 0.6) is 5.75 Å². The quantitative estimate of drug-likeness (QED) is 0.837. The number of halogens is 2. The summed E-state index contributed by atoms with van der Waals surface area (Å²) >= 11 is 0. The monoisotopic (exact) mass is 216 g/mol. The van der Waals surface area contributed by atoms with Crippen molar-refractivity contribution in [1.82, 2.24) is 0 Å². The molecule has 1 rings (SSSR count). The second kappa shape index (κ2) is 5.07. The Balaban J connectivity index is 3.09. The number of benzene rings is 1. The lowest BCUT2D eigenvalue weighted by atomic mass is 10.0. The zero-order chi connectivity index (χ0) is 11.4. The molecule has 15 heavy (non-hydrogen) atoms. The van der Waals surface area contributed by atoms with E-state index < -0.39 is 17.6 Å². The topological polar surface area (TPSA) is 29.5 Å². The molecule has 1 unspecified atom stereocenters. The molecule has 0 aromatic heterocycles. The van der Waals surface area contributed by atoms with Crippen molar-refractivity contribution in [2.24, 2.45) is 0 Å². The smallest absolute Gasteiger partial charge is 0.200 e. The van der Waals surface area contributed by atoms with E-state index in [1.165, 1.54) is 12.1 Å². The molecule has 0 bridgehead atoms. The summed E-state index contributed by atoms with van der Waals surface area (Å²) < 4.78 is 31.7. The predicted octanol–water partition coefficient (Wildman–Crippen LogP) is 2.46. The first-order valence-corrected chi connectivity index (χ1v) is 4.83. The van der Waals surface area contributed by atoms with E-state index in [4.69, 9.17) is 9.84 Å². The fourth-order valence-electron chi connectivity index (χ4n) is 1.29. The van der Waals surface area contributed by atoms with Crippen LogP contribution in [0.2, 0.25) is 0 Å². The lowest BCUT2D eigenvalue weighted by Crippen LogP contribution is -2.05. The van der Waals surface area contributed by atoms with Crippen LogP contribution in [-0.2, 0) is 0 Å². The first kappa shape index (κ1) is 11.9. The molecule has 84 valence electrons. The minimum atomic E-state index is -0.991. The van der Waals surface area contributed by atoms with Gasteiger partial charge in [-0.25, -0.2) is 4.39 Å². The van der Waals surface area contributed by atoms with Gasteiger partial charge in [-0.3, -0.25) is 0 Å². The molecule has 0 heterocycles. The molecule has 0 amide bonds. The van der Waals surface area contributed by atoms with E-state index in [2.05, 4.69) is 0 Å². The van der Waals surface area contributed by atoms with Crippen LogP contribution in [0.1, 0.15) is 25.3 Å². The number of hydrogen-bond donors (Lipinski definition) is 1. The van der Waals surface area contributed by atoms with Crippen molar-refractivity contribution < 1.29 is 18.6 Å². The summed E-state index contributed by atoms with van der Waals surface area (Å²) in [4.78, 5) is 0. The van der Waals surface area contributed by atoms with Crippen molar-refractivity contribution in [2.45, 2.75) is 19.8 Å². The summed E-state index contributed by atoms with van der Waals surface area (Å²) in [6, 6.07) is 2.81. The zero-order valence-corrected chi connectivity index (χ0v) is 8.76. The molecule has 1 aromatic rings. The highest BCUT2D eigenvalue weighted by molar-refractivity contribution is 5.32. The van der Waals surface area contributed by atoms with Gasteiger partial charge in [0.25, 0.3) is 0 Å². The second-order valence-corrected chi connectivity index (χ2v) is 3.30. The van der Waals surface area contributed by atoms with Gasteiger partial charge in [-0.05, 0) is 18.6 Å². The molecule has 0 fully saturated rings. The third kappa shape index (κ3) is 2.45. The van der Waals surface area contributed by atoms with E-state index in [1.54, 1.807) is 13.8 Å². The maximum Gasteiger partial charge on any atom is 0.200 e. The van der Waals surface area contributed by atoms with Crippen molar-refractivity contribution in [3.05, 3.63) is 29.3 Å². The Morgan fingerprint density at radius 1 is 1.33 bits per heavy atom. The minimum Gasteiger partial charge on any atom is -0.491 e. The average Bonchev–Trinajstić information content (AvgIpc) is 2.24. The van der Waals surface area contributed by atoms with Gasteiger partial charge in [-0.1, -0.05) is 13.0 Å². The van der Waals surface area contributed by atoms with Gasteiger partial charge in [-0.2, -0.15) is 4.39 Å². The lowest BCUT2D eigenvalue weighted by molar-refractivity contribution is 0.268. The molecule has 2 nitrogen and oxygen atoms in total. The van der Waals surface area contributed by atoms with Gasteiger partial charge in [0.1, 0.15) is 0 Å². The summed E-state index contributed by atoms with van der Waals surface area (Å²) in [5, 5.41) is 8.86. The van der Waals surface area contributed by atoms with Crippen molar-refractivity contribution in [3.63, 3.8) is 0 Å². The van der Waals surface area contributed by atoms with Gasteiger partial charge < -0.3 is 9.84 Å². The molecule has 1 atom stereocenters. The molecule has 0 aliphatic rings. The van der Waals surface area contributed by atoms with E-state index >= 15 is 0 Å². The maximum atomic E-state index is 13.5.